The summed E-state index contributed by atoms with van der Waals surface area (Å²) in [4.78, 5) is 7.93. The lowest BCUT2D eigenvalue weighted by Crippen LogP contribution is -2.25. The highest BCUT2D eigenvalue weighted by Crippen LogP contribution is 2.19. The number of nitrogens with zero attached hydrogens (tertiary/aromatic N) is 1. The molecule has 1 heterocycles. The lowest BCUT2D eigenvalue weighted by atomic mass is 10.2. The fourth-order valence-electron chi connectivity index (χ4n) is 2.00. The van der Waals surface area contributed by atoms with Crippen LogP contribution in [0.25, 0.3) is 11.3 Å². The Labute approximate surface area is 125 Å². The maximum absolute atomic E-state index is 11.4. The van der Waals surface area contributed by atoms with Crippen molar-refractivity contribution in [3.05, 3.63) is 36.3 Å². The monoisotopic (exact) mass is 307 g/mol. The van der Waals surface area contributed by atoms with Crippen LogP contribution in [0.2, 0.25) is 0 Å². The van der Waals surface area contributed by atoms with E-state index in [0.29, 0.717) is 10.9 Å². The van der Waals surface area contributed by atoms with E-state index in [2.05, 4.69) is 29.1 Å². The molecular weight excluding hydrogens is 286 g/mol. The number of aromatic nitrogens is 2. The molecule has 2 aromatic rings. The van der Waals surface area contributed by atoms with Crippen LogP contribution in [-0.2, 0) is 16.3 Å². The van der Waals surface area contributed by atoms with Crippen molar-refractivity contribution < 1.29 is 8.42 Å². The molecule has 0 amide bonds. The van der Waals surface area contributed by atoms with Crippen molar-refractivity contribution in [2.24, 2.45) is 0 Å². The highest BCUT2D eigenvalue weighted by Gasteiger charge is 2.08. The predicted octanol–water partition coefficient (Wildman–Crippen LogP) is 2.02. The summed E-state index contributed by atoms with van der Waals surface area (Å²) in [6.45, 7) is 5.09. The maximum Gasteiger partial charge on any atom is 0.175 e. The molecule has 2 N–H and O–H groups in total. The van der Waals surface area contributed by atoms with E-state index in [4.69, 9.17) is 0 Å². The summed E-state index contributed by atoms with van der Waals surface area (Å²) in [5, 5.41) is 3.34. The van der Waals surface area contributed by atoms with Crippen LogP contribution in [0.1, 0.15) is 19.7 Å². The van der Waals surface area contributed by atoms with Crippen LogP contribution in [0.15, 0.2) is 35.4 Å². The zero-order valence-corrected chi connectivity index (χ0v) is 13.4. The SMILES string of the molecule is CC(C)NCCc1ncc(-c2ccc(S(C)(=O)=O)cc2)[nH]1. The van der Waals surface area contributed by atoms with Crippen LogP contribution >= 0.6 is 0 Å². The van der Waals surface area contributed by atoms with Gasteiger partial charge in [-0.05, 0) is 17.7 Å². The summed E-state index contributed by atoms with van der Waals surface area (Å²) < 4.78 is 22.9. The molecule has 0 radical (unpaired) electrons. The third-order valence-electron chi connectivity index (χ3n) is 3.14. The zero-order valence-electron chi connectivity index (χ0n) is 12.6. The van der Waals surface area contributed by atoms with Gasteiger partial charge in [-0.15, -0.1) is 0 Å². The van der Waals surface area contributed by atoms with Gasteiger partial charge in [-0.25, -0.2) is 13.4 Å². The van der Waals surface area contributed by atoms with Gasteiger partial charge in [0.1, 0.15) is 5.82 Å². The average molecular weight is 307 g/mol. The summed E-state index contributed by atoms with van der Waals surface area (Å²) in [5.41, 5.74) is 1.83. The van der Waals surface area contributed by atoms with Crippen molar-refractivity contribution in [1.29, 1.82) is 0 Å². The van der Waals surface area contributed by atoms with E-state index in [0.717, 1.165) is 30.0 Å². The first kappa shape index (κ1) is 15.7. The van der Waals surface area contributed by atoms with Crippen molar-refractivity contribution in [3.63, 3.8) is 0 Å². The van der Waals surface area contributed by atoms with Crippen molar-refractivity contribution in [3.8, 4) is 11.3 Å². The fourth-order valence-corrected chi connectivity index (χ4v) is 2.63. The van der Waals surface area contributed by atoms with E-state index in [9.17, 15) is 8.42 Å². The summed E-state index contributed by atoms with van der Waals surface area (Å²) >= 11 is 0. The summed E-state index contributed by atoms with van der Waals surface area (Å²) in [6, 6.07) is 7.28. The quantitative estimate of drug-likeness (QED) is 0.856. The van der Waals surface area contributed by atoms with Crippen molar-refractivity contribution >= 4 is 9.84 Å². The number of hydrogen-bond acceptors (Lipinski definition) is 4. The van der Waals surface area contributed by atoms with Crippen molar-refractivity contribution in [2.45, 2.75) is 31.2 Å². The Bertz CT molecular complexity index is 688. The number of sulfone groups is 1. The van der Waals surface area contributed by atoms with E-state index >= 15 is 0 Å². The topological polar surface area (TPSA) is 74.8 Å². The number of rotatable bonds is 6. The molecule has 0 bridgehead atoms. The number of benzene rings is 1. The number of nitrogens with one attached hydrogen (secondary N) is 2. The van der Waals surface area contributed by atoms with Crippen molar-refractivity contribution in [1.82, 2.24) is 15.3 Å². The Kier molecular flexibility index (Phi) is 4.80. The molecule has 0 aliphatic rings. The van der Waals surface area contributed by atoms with E-state index in [-0.39, 0.29) is 0 Å². The molecule has 0 saturated heterocycles. The number of imidazole rings is 1. The minimum Gasteiger partial charge on any atom is -0.342 e. The molecule has 6 heteroatoms. The molecule has 0 aliphatic heterocycles. The Morgan fingerprint density at radius 1 is 1.24 bits per heavy atom. The smallest absolute Gasteiger partial charge is 0.175 e. The average Bonchev–Trinajstić information content (AvgIpc) is 2.86. The molecule has 1 aromatic carbocycles. The summed E-state index contributed by atoms with van der Waals surface area (Å²) in [5.74, 6) is 0.922. The second-order valence-electron chi connectivity index (χ2n) is 5.40. The van der Waals surface area contributed by atoms with Gasteiger partial charge >= 0.3 is 0 Å². The molecule has 114 valence electrons. The van der Waals surface area contributed by atoms with Crippen LogP contribution in [0.4, 0.5) is 0 Å². The van der Waals surface area contributed by atoms with Crippen LogP contribution in [0.5, 0.6) is 0 Å². The maximum atomic E-state index is 11.4. The molecule has 5 nitrogen and oxygen atoms in total. The Balaban J connectivity index is 2.07. The van der Waals surface area contributed by atoms with Gasteiger partial charge in [0, 0.05) is 25.3 Å². The summed E-state index contributed by atoms with van der Waals surface area (Å²) in [6.07, 6.45) is 3.82. The Morgan fingerprint density at radius 2 is 1.90 bits per heavy atom. The molecule has 0 unspecified atom stereocenters. The number of aromatic amines is 1. The minimum absolute atomic E-state index is 0.326. The molecule has 21 heavy (non-hydrogen) atoms. The van der Waals surface area contributed by atoms with E-state index in [1.165, 1.54) is 6.26 Å². The second-order valence-corrected chi connectivity index (χ2v) is 7.41. The molecule has 0 saturated carbocycles. The van der Waals surface area contributed by atoms with Crippen molar-refractivity contribution in [2.75, 3.05) is 12.8 Å². The molecule has 0 spiro atoms. The predicted molar refractivity (Wildman–Crippen MR) is 84.0 cm³/mol. The molecule has 0 atom stereocenters. The summed E-state index contributed by atoms with van der Waals surface area (Å²) in [7, 11) is -3.15. The standard InChI is InChI=1S/C15H21N3O2S/c1-11(2)16-9-8-15-17-10-14(18-15)12-4-6-13(7-5-12)21(3,19)20/h4-7,10-11,16H,8-9H2,1-3H3,(H,17,18). The van der Waals surface area contributed by atoms with Gasteiger partial charge < -0.3 is 10.3 Å². The molecule has 1 aromatic heterocycles. The van der Waals surface area contributed by atoms with Gasteiger partial charge in [0.2, 0.25) is 0 Å². The fraction of sp³-hybridized carbons (Fsp3) is 0.400. The minimum atomic E-state index is -3.15. The van der Waals surface area contributed by atoms with Crippen LogP contribution < -0.4 is 5.32 Å². The molecular formula is C15H21N3O2S. The van der Waals surface area contributed by atoms with Gasteiger partial charge in [-0.2, -0.15) is 0 Å². The highest BCUT2D eigenvalue weighted by atomic mass is 32.2. The first-order chi connectivity index (χ1) is 9.86. The third kappa shape index (κ3) is 4.41. The Hall–Kier alpha value is -1.66. The van der Waals surface area contributed by atoms with Crippen LogP contribution in [0, 0.1) is 0 Å². The van der Waals surface area contributed by atoms with E-state index in [1.807, 2.05) is 0 Å². The van der Waals surface area contributed by atoms with Gasteiger partial charge in [0.25, 0.3) is 0 Å². The van der Waals surface area contributed by atoms with E-state index in [1.54, 1.807) is 30.5 Å². The van der Waals surface area contributed by atoms with Gasteiger partial charge in [-0.3, -0.25) is 0 Å². The highest BCUT2D eigenvalue weighted by molar-refractivity contribution is 7.90. The first-order valence-corrected chi connectivity index (χ1v) is 8.83. The molecule has 0 aliphatic carbocycles. The van der Waals surface area contributed by atoms with Gasteiger partial charge in [0.05, 0.1) is 16.8 Å². The second kappa shape index (κ2) is 6.41. The first-order valence-electron chi connectivity index (χ1n) is 6.94. The lowest BCUT2D eigenvalue weighted by Gasteiger charge is -2.05. The van der Waals surface area contributed by atoms with E-state index < -0.39 is 9.84 Å². The lowest BCUT2D eigenvalue weighted by molar-refractivity contribution is 0.584. The zero-order chi connectivity index (χ0) is 15.5. The van der Waals surface area contributed by atoms with Crippen LogP contribution in [0.3, 0.4) is 0 Å². The normalized spacial score (nSPS) is 12.0. The number of H-pyrrole nitrogens is 1. The Morgan fingerprint density at radius 3 is 2.48 bits per heavy atom. The third-order valence-corrected chi connectivity index (χ3v) is 4.26. The number of hydrogen-bond donors (Lipinski definition) is 2. The molecule has 0 fully saturated rings. The van der Waals surface area contributed by atoms with Gasteiger partial charge in [0.15, 0.2) is 9.84 Å². The molecule has 2 rings (SSSR count). The van der Waals surface area contributed by atoms with Gasteiger partial charge in [-0.1, -0.05) is 26.0 Å². The van der Waals surface area contributed by atoms with Crippen LogP contribution in [-0.4, -0.2) is 37.2 Å². The largest absolute Gasteiger partial charge is 0.342 e.